The van der Waals surface area contributed by atoms with Crippen molar-refractivity contribution in [2.24, 2.45) is 11.3 Å². The minimum absolute atomic E-state index is 0.0479. The van der Waals surface area contributed by atoms with Gasteiger partial charge in [0.15, 0.2) is 5.78 Å². The lowest BCUT2D eigenvalue weighted by atomic mass is 9.49. The van der Waals surface area contributed by atoms with Gasteiger partial charge in [0.05, 0.1) is 0 Å². The van der Waals surface area contributed by atoms with Crippen LogP contribution in [0.15, 0.2) is 12.1 Å². The molecule has 0 saturated heterocycles. The maximum Gasteiger partial charge on any atom is 0.209 e. The van der Waals surface area contributed by atoms with Crippen LogP contribution in [0, 0.1) is 21.4 Å². The first-order valence-electron chi connectivity index (χ1n) is 9.88. The first kappa shape index (κ1) is 19.1. The van der Waals surface area contributed by atoms with E-state index in [1.54, 1.807) is 6.92 Å². The molecule has 1 aromatic carbocycles. The maximum atomic E-state index is 12.3. The van der Waals surface area contributed by atoms with Crippen molar-refractivity contribution in [1.82, 2.24) is 0 Å². The van der Waals surface area contributed by atoms with Gasteiger partial charge >= 0.3 is 0 Å². The number of ketones is 1. The molecule has 1 aromatic rings. The zero-order valence-electron chi connectivity index (χ0n) is 16.7. The van der Waals surface area contributed by atoms with Crippen LogP contribution in [0.3, 0.4) is 0 Å². The molecule has 3 rings (SSSR count). The molecule has 0 aromatic heterocycles. The number of fused-ring (bicyclic) bond motifs is 3. The van der Waals surface area contributed by atoms with Crippen molar-refractivity contribution in [1.29, 1.82) is 0 Å². The summed E-state index contributed by atoms with van der Waals surface area (Å²) in [4.78, 5) is 23.5. The topological polar surface area (TPSA) is 60.2 Å². The average Bonchev–Trinajstić information content (AvgIpc) is 2.52. The smallest absolute Gasteiger partial charge is 0.209 e. The summed E-state index contributed by atoms with van der Waals surface area (Å²) in [5, 5.41) is 11.3. The molecular weight excluding hydrogens is 326 g/mol. The van der Waals surface area contributed by atoms with E-state index >= 15 is 0 Å². The molecule has 2 aliphatic carbocycles. The first-order chi connectivity index (χ1) is 12.1. The Kier molecular flexibility index (Phi) is 4.74. The van der Waals surface area contributed by atoms with E-state index in [4.69, 9.17) is 0 Å². The van der Waals surface area contributed by atoms with E-state index in [1.165, 1.54) is 11.1 Å². The van der Waals surface area contributed by atoms with E-state index in [-0.39, 0.29) is 28.1 Å². The molecule has 142 valence electrons. The lowest BCUT2D eigenvalue weighted by Crippen LogP contribution is -2.51. The Labute approximate surface area is 156 Å². The van der Waals surface area contributed by atoms with E-state index in [0.717, 1.165) is 43.2 Å². The molecule has 26 heavy (non-hydrogen) atoms. The van der Waals surface area contributed by atoms with Crippen LogP contribution < -0.4 is 0 Å². The summed E-state index contributed by atoms with van der Waals surface area (Å²) < 4.78 is 0. The molecule has 3 atom stereocenters. The quantitative estimate of drug-likeness (QED) is 0.417. The molecule has 0 aliphatic heterocycles. The second kappa shape index (κ2) is 6.47. The van der Waals surface area contributed by atoms with E-state index < -0.39 is 0 Å². The predicted molar refractivity (Wildman–Crippen MR) is 104 cm³/mol. The molecule has 2 aliphatic rings. The molecule has 0 N–H and O–H groups in total. The average molecular weight is 357 g/mol. The standard InChI is InChI=1S/C22H31NO3/c1-14(2)17-11-16-7-8-20-21(4,13-23(25)26)9-6-10-22(20,5)19(16)12-18(17)15(3)24/h11-12,14,20H,6-10,13H2,1-5H3/t20-,21-,22+/m0/s1. The fourth-order valence-electron chi connectivity index (χ4n) is 5.94. The van der Waals surface area contributed by atoms with Crippen LogP contribution in [0.4, 0.5) is 0 Å². The Morgan fingerprint density at radius 3 is 2.58 bits per heavy atom. The van der Waals surface area contributed by atoms with Crippen molar-refractivity contribution in [3.63, 3.8) is 0 Å². The summed E-state index contributed by atoms with van der Waals surface area (Å²) in [6.07, 6.45) is 4.95. The van der Waals surface area contributed by atoms with Gasteiger partial charge in [-0.05, 0) is 72.6 Å². The van der Waals surface area contributed by atoms with Gasteiger partial charge < -0.3 is 0 Å². The number of carbonyl (C=O) groups excluding carboxylic acids is 1. The summed E-state index contributed by atoms with van der Waals surface area (Å²) in [6, 6.07) is 4.38. The van der Waals surface area contributed by atoms with E-state index in [9.17, 15) is 14.9 Å². The predicted octanol–water partition coefficient (Wildman–Crippen LogP) is 5.30. The Bertz CT molecular complexity index is 754. The van der Waals surface area contributed by atoms with Crippen molar-refractivity contribution in [2.45, 2.75) is 78.1 Å². The molecule has 0 radical (unpaired) electrons. The van der Waals surface area contributed by atoms with Gasteiger partial charge in [-0.3, -0.25) is 14.9 Å². The van der Waals surface area contributed by atoms with Crippen molar-refractivity contribution in [2.75, 3.05) is 6.54 Å². The van der Waals surface area contributed by atoms with Crippen molar-refractivity contribution in [3.8, 4) is 0 Å². The molecule has 0 amide bonds. The highest BCUT2D eigenvalue weighted by Gasteiger charge is 2.54. The number of nitro groups is 1. The lowest BCUT2D eigenvalue weighted by Gasteiger charge is -2.54. The van der Waals surface area contributed by atoms with Crippen molar-refractivity contribution >= 4 is 5.78 Å². The van der Waals surface area contributed by atoms with Gasteiger partial charge in [0.25, 0.3) is 0 Å². The fraction of sp³-hybridized carbons (Fsp3) is 0.682. The third-order valence-electron chi connectivity index (χ3n) is 7.14. The van der Waals surface area contributed by atoms with Gasteiger partial charge in [0.1, 0.15) is 0 Å². The Hall–Kier alpha value is -1.71. The largest absolute Gasteiger partial charge is 0.295 e. The lowest BCUT2D eigenvalue weighted by molar-refractivity contribution is -0.501. The molecule has 0 bridgehead atoms. The molecule has 1 saturated carbocycles. The summed E-state index contributed by atoms with van der Waals surface area (Å²) in [7, 11) is 0. The summed E-state index contributed by atoms with van der Waals surface area (Å²) in [5.74, 6) is 0.730. The van der Waals surface area contributed by atoms with E-state index in [2.05, 4.69) is 39.8 Å². The maximum absolute atomic E-state index is 12.3. The highest BCUT2D eigenvalue weighted by molar-refractivity contribution is 5.96. The monoisotopic (exact) mass is 357 g/mol. The minimum atomic E-state index is -0.263. The van der Waals surface area contributed by atoms with Gasteiger partial charge in [-0.2, -0.15) is 0 Å². The molecule has 0 unspecified atom stereocenters. The second-order valence-electron chi connectivity index (χ2n) is 9.31. The summed E-state index contributed by atoms with van der Waals surface area (Å²) in [5.41, 5.74) is 4.27. The molecule has 0 spiro atoms. The molecule has 4 nitrogen and oxygen atoms in total. The zero-order valence-corrected chi connectivity index (χ0v) is 16.7. The van der Waals surface area contributed by atoms with Crippen LogP contribution in [0.5, 0.6) is 0 Å². The molecule has 4 heteroatoms. The number of benzene rings is 1. The number of hydrogen-bond donors (Lipinski definition) is 0. The number of carbonyl (C=O) groups is 1. The third-order valence-corrected chi connectivity index (χ3v) is 7.14. The summed E-state index contributed by atoms with van der Waals surface area (Å²) in [6.45, 7) is 10.4. The van der Waals surface area contributed by atoms with Gasteiger partial charge in [0.2, 0.25) is 6.54 Å². The SMILES string of the molecule is CC(=O)c1cc2c(cc1C(C)C)CC[C@H]1[C@](C)(C[N+](=O)[O-])CCC[C@]21C. The van der Waals surface area contributed by atoms with Gasteiger partial charge in [-0.25, -0.2) is 0 Å². The van der Waals surface area contributed by atoms with Gasteiger partial charge in [0, 0.05) is 15.9 Å². The molecular formula is C22H31NO3. The number of Topliss-reactive ketones (excluding diaryl/α,β-unsaturated/α-hetero) is 1. The molecule has 0 heterocycles. The van der Waals surface area contributed by atoms with Crippen LogP contribution in [0.2, 0.25) is 0 Å². The van der Waals surface area contributed by atoms with Crippen LogP contribution >= 0.6 is 0 Å². The first-order valence-corrected chi connectivity index (χ1v) is 9.88. The zero-order chi connectivity index (χ0) is 19.3. The highest BCUT2D eigenvalue weighted by Crippen LogP contribution is 2.57. The number of nitrogens with zero attached hydrogens (tertiary/aromatic N) is 1. The molecule has 1 fully saturated rings. The minimum Gasteiger partial charge on any atom is -0.295 e. The summed E-state index contributed by atoms with van der Waals surface area (Å²) >= 11 is 0. The third kappa shape index (κ3) is 2.97. The van der Waals surface area contributed by atoms with Gasteiger partial charge in [-0.1, -0.05) is 40.2 Å². The second-order valence-corrected chi connectivity index (χ2v) is 9.31. The fourth-order valence-corrected chi connectivity index (χ4v) is 5.94. The Morgan fingerprint density at radius 2 is 2.00 bits per heavy atom. The van der Waals surface area contributed by atoms with Crippen LogP contribution in [0.25, 0.3) is 0 Å². The highest BCUT2D eigenvalue weighted by atomic mass is 16.6. The number of hydrogen-bond acceptors (Lipinski definition) is 3. The van der Waals surface area contributed by atoms with Crippen LogP contribution in [-0.2, 0) is 11.8 Å². The van der Waals surface area contributed by atoms with Crippen molar-refractivity contribution < 1.29 is 9.72 Å². The van der Waals surface area contributed by atoms with Gasteiger partial charge in [-0.15, -0.1) is 0 Å². The number of aryl methyl sites for hydroxylation is 1. The Balaban J connectivity index is 2.13. The van der Waals surface area contributed by atoms with Crippen LogP contribution in [0.1, 0.15) is 93.3 Å². The number of rotatable bonds is 4. The van der Waals surface area contributed by atoms with Crippen LogP contribution in [-0.4, -0.2) is 17.3 Å². The normalized spacial score (nSPS) is 30.6. The van der Waals surface area contributed by atoms with Crippen molar-refractivity contribution in [3.05, 3.63) is 44.5 Å². The van der Waals surface area contributed by atoms with E-state index in [1.807, 2.05) is 0 Å². The van der Waals surface area contributed by atoms with E-state index in [0.29, 0.717) is 11.8 Å². The Morgan fingerprint density at radius 1 is 1.31 bits per heavy atom.